The average molecular weight is 440 g/mol. The monoisotopic (exact) mass is 439 g/mol. The molecule has 2 aliphatic rings. The van der Waals surface area contributed by atoms with Crippen LogP contribution >= 0.6 is 0 Å². The number of hydrogen-bond acceptors (Lipinski definition) is 3. The van der Waals surface area contributed by atoms with Gasteiger partial charge in [-0.25, -0.2) is 0 Å². The molecule has 0 radical (unpaired) electrons. The van der Waals surface area contributed by atoms with E-state index in [0.29, 0.717) is 18.4 Å². The number of ketones is 1. The topological polar surface area (TPSA) is 57.6 Å². The van der Waals surface area contributed by atoms with Gasteiger partial charge in [0, 0.05) is 30.5 Å². The Kier molecular flexibility index (Phi) is 5.86. The van der Waals surface area contributed by atoms with E-state index < -0.39 is 11.5 Å². The van der Waals surface area contributed by atoms with Crippen LogP contribution < -0.4 is 0 Å². The molecule has 1 N–H and O–H groups in total. The third-order valence-electron chi connectivity index (χ3n) is 7.31. The van der Waals surface area contributed by atoms with Gasteiger partial charge in [0.05, 0.1) is 5.92 Å². The van der Waals surface area contributed by atoms with Crippen LogP contribution in [0.25, 0.3) is 0 Å². The largest absolute Gasteiger partial charge is 0.384 e. The molecule has 4 nitrogen and oxygen atoms in total. The Morgan fingerprint density at radius 2 is 1.48 bits per heavy atom. The van der Waals surface area contributed by atoms with Crippen molar-refractivity contribution >= 4 is 11.7 Å². The SMILES string of the molecule is O=C(C[C@@H]1CCC[C@@H]2C[C@](O)(c3ccccc3)[C@@H](c3ccccc3)C(=O)N21)c1ccccc1. The van der Waals surface area contributed by atoms with E-state index in [1.54, 1.807) is 0 Å². The fourth-order valence-electron chi connectivity index (χ4n) is 5.79. The van der Waals surface area contributed by atoms with Gasteiger partial charge in [-0.3, -0.25) is 9.59 Å². The fourth-order valence-corrected chi connectivity index (χ4v) is 5.79. The van der Waals surface area contributed by atoms with E-state index >= 15 is 0 Å². The Labute approximate surface area is 194 Å². The predicted molar refractivity (Wildman–Crippen MR) is 128 cm³/mol. The maximum absolute atomic E-state index is 14.1. The summed E-state index contributed by atoms with van der Waals surface area (Å²) in [5, 5.41) is 12.1. The van der Waals surface area contributed by atoms with Crippen molar-refractivity contribution in [3.63, 3.8) is 0 Å². The Bertz CT molecular complexity index is 1120. The number of carbonyl (C=O) groups excluding carboxylic acids is 2. The molecule has 2 heterocycles. The third-order valence-corrected chi connectivity index (χ3v) is 7.31. The van der Waals surface area contributed by atoms with E-state index in [0.717, 1.165) is 30.4 Å². The van der Waals surface area contributed by atoms with Crippen LogP contribution in [0.4, 0.5) is 0 Å². The van der Waals surface area contributed by atoms with E-state index in [4.69, 9.17) is 0 Å². The number of nitrogens with zero attached hydrogens (tertiary/aromatic N) is 1. The summed E-state index contributed by atoms with van der Waals surface area (Å²) in [6.07, 6.45) is 3.39. The van der Waals surface area contributed by atoms with Crippen molar-refractivity contribution in [1.29, 1.82) is 0 Å². The second-order valence-electron chi connectivity index (χ2n) is 9.32. The minimum absolute atomic E-state index is 0.0641. The van der Waals surface area contributed by atoms with Gasteiger partial charge < -0.3 is 10.0 Å². The van der Waals surface area contributed by atoms with Gasteiger partial charge in [-0.2, -0.15) is 0 Å². The fraction of sp³-hybridized carbons (Fsp3) is 0.310. The van der Waals surface area contributed by atoms with Crippen LogP contribution in [0.1, 0.15) is 59.5 Å². The minimum Gasteiger partial charge on any atom is -0.384 e. The molecule has 4 heteroatoms. The van der Waals surface area contributed by atoms with E-state index in [1.165, 1.54) is 0 Å². The van der Waals surface area contributed by atoms with Gasteiger partial charge in [0.2, 0.25) is 5.91 Å². The molecule has 0 saturated carbocycles. The van der Waals surface area contributed by atoms with Gasteiger partial charge in [-0.15, -0.1) is 0 Å². The van der Waals surface area contributed by atoms with Crippen molar-refractivity contribution in [1.82, 2.24) is 4.90 Å². The molecular formula is C29H29NO3. The minimum atomic E-state index is -1.29. The summed E-state index contributed by atoms with van der Waals surface area (Å²) in [5.74, 6) is -0.714. The molecule has 4 atom stereocenters. The highest BCUT2D eigenvalue weighted by Crippen LogP contribution is 2.49. The summed E-state index contributed by atoms with van der Waals surface area (Å²) >= 11 is 0. The smallest absolute Gasteiger partial charge is 0.233 e. The van der Waals surface area contributed by atoms with Gasteiger partial charge in [-0.05, 0) is 30.4 Å². The second-order valence-corrected chi connectivity index (χ2v) is 9.32. The summed E-state index contributed by atoms with van der Waals surface area (Å²) in [7, 11) is 0. The number of piperidine rings is 2. The van der Waals surface area contributed by atoms with Gasteiger partial charge in [0.15, 0.2) is 5.78 Å². The number of Topliss-reactive ketones (excluding diaryl/α,β-unsaturated/α-hetero) is 1. The van der Waals surface area contributed by atoms with Crippen LogP contribution in [-0.4, -0.2) is 33.8 Å². The zero-order valence-electron chi connectivity index (χ0n) is 18.6. The Hall–Kier alpha value is -3.24. The highest BCUT2D eigenvalue weighted by Gasteiger charge is 2.54. The molecule has 1 amide bonds. The molecule has 0 aliphatic carbocycles. The van der Waals surface area contributed by atoms with Crippen LogP contribution in [0.3, 0.4) is 0 Å². The van der Waals surface area contributed by atoms with Gasteiger partial charge in [0.1, 0.15) is 5.60 Å². The zero-order chi connectivity index (χ0) is 22.8. The first kappa shape index (κ1) is 21.6. The molecular weight excluding hydrogens is 410 g/mol. The number of hydrogen-bond donors (Lipinski definition) is 1. The lowest BCUT2D eigenvalue weighted by Gasteiger charge is -2.53. The normalized spacial score (nSPS) is 27.1. The van der Waals surface area contributed by atoms with Crippen LogP contribution in [0.15, 0.2) is 91.0 Å². The number of aliphatic hydroxyl groups is 1. The van der Waals surface area contributed by atoms with Crippen molar-refractivity contribution in [2.45, 2.75) is 55.7 Å². The Balaban J connectivity index is 1.51. The quantitative estimate of drug-likeness (QED) is 0.564. The van der Waals surface area contributed by atoms with Crippen LogP contribution in [0.5, 0.6) is 0 Å². The molecule has 33 heavy (non-hydrogen) atoms. The maximum atomic E-state index is 14.1. The molecule has 3 aromatic rings. The molecule has 2 fully saturated rings. The number of carbonyl (C=O) groups is 2. The van der Waals surface area contributed by atoms with Crippen molar-refractivity contribution in [3.8, 4) is 0 Å². The molecule has 2 aliphatic heterocycles. The highest BCUT2D eigenvalue weighted by atomic mass is 16.3. The van der Waals surface area contributed by atoms with E-state index in [9.17, 15) is 14.7 Å². The number of benzene rings is 3. The molecule has 0 bridgehead atoms. The number of rotatable bonds is 5. The summed E-state index contributed by atoms with van der Waals surface area (Å²) in [4.78, 5) is 29.1. The van der Waals surface area contributed by atoms with Crippen LogP contribution in [0, 0.1) is 0 Å². The van der Waals surface area contributed by atoms with Gasteiger partial charge >= 0.3 is 0 Å². The van der Waals surface area contributed by atoms with Crippen molar-refractivity contribution in [2.24, 2.45) is 0 Å². The predicted octanol–water partition coefficient (Wildman–Crippen LogP) is 5.08. The van der Waals surface area contributed by atoms with E-state index in [-0.39, 0.29) is 23.8 Å². The summed E-state index contributed by atoms with van der Waals surface area (Å²) in [5.41, 5.74) is 0.983. The third kappa shape index (κ3) is 4.00. The zero-order valence-corrected chi connectivity index (χ0v) is 18.6. The molecule has 3 aromatic carbocycles. The molecule has 5 rings (SSSR count). The number of fused-ring (bicyclic) bond motifs is 1. The van der Waals surface area contributed by atoms with Crippen molar-refractivity contribution < 1.29 is 14.7 Å². The first-order chi connectivity index (χ1) is 16.1. The van der Waals surface area contributed by atoms with Crippen molar-refractivity contribution in [2.75, 3.05) is 0 Å². The maximum Gasteiger partial charge on any atom is 0.233 e. The Morgan fingerprint density at radius 1 is 0.879 bits per heavy atom. The first-order valence-corrected chi connectivity index (χ1v) is 11.8. The lowest BCUT2D eigenvalue weighted by atomic mass is 9.67. The summed E-state index contributed by atoms with van der Waals surface area (Å²) in [6.45, 7) is 0. The van der Waals surface area contributed by atoms with Crippen LogP contribution in [0.2, 0.25) is 0 Å². The van der Waals surface area contributed by atoms with E-state index in [1.807, 2.05) is 95.9 Å². The van der Waals surface area contributed by atoms with E-state index in [2.05, 4.69) is 0 Å². The molecule has 0 aromatic heterocycles. The van der Waals surface area contributed by atoms with Crippen molar-refractivity contribution in [3.05, 3.63) is 108 Å². The van der Waals surface area contributed by atoms with Crippen LogP contribution in [-0.2, 0) is 10.4 Å². The summed E-state index contributed by atoms with van der Waals surface area (Å²) < 4.78 is 0. The second kappa shape index (κ2) is 8.95. The lowest BCUT2D eigenvalue weighted by Crippen LogP contribution is -2.61. The molecule has 2 saturated heterocycles. The highest BCUT2D eigenvalue weighted by molar-refractivity contribution is 5.97. The average Bonchev–Trinajstić information content (AvgIpc) is 2.85. The number of amides is 1. The molecule has 0 spiro atoms. The summed E-state index contributed by atoms with van der Waals surface area (Å²) in [6, 6.07) is 28.2. The lowest BCUT2D eigenvalue weighted by molar-refractivity contribution is -0.162. The standard InChI is InChI=1S/C29H29NO3/c31-26(21-11-4-1-5-12-21)19-24-17-10-18-25-20-29(33,23-15-8-3-9-16-23)27(28(32)30(24)25)22-13-6-2-7-14-22/h1-9,11-16,24-25,27,33H,10,17-20H2/t24-,25+,27-,29-/m0/s1. The first-order valence-electron chi connectivity index (χ1n) is 11.8. The molecule has 0 unspecified atom stereocenters. The molecule has 168 valence electrons. The van der Waals surface area contributed by atoms with Gasteiger partial charge in [-0.1, -0.05) is 91.0 Å². The Morgan fingerprint density at radius 3 is 2.15 bits per heavy atom. The van der Waals surface area contributed by atoms with Gasteiger partial charge in [0.25, 0.3) is 0 Å².